The fourth-order valence-corrected chi connectivity index (χ4v) is 4.07. The van der Waals surface area contributed by atoms with E-state index in [1.165, 1.54) is 0 Å². The molecule has 1 fully saturated rings. The molecule has 5 nitrogen and oxygen atoms in total. The molecule has 2 amide bonds. The molecule has 26 heavy (non-hydrogen) atoms. The molecule has 2 heterocycles. The van der Waals surface area contributed by atoms with Crippen LogP contribution in [-0.2, 0) is 4.74 Å². The van der Waals surface area contributed by atoms with Gasteiger partial charge in [-0.25, -0.2) is 9.78 Å². The molecule has 0 spiro atoms. The number of hydrogen-bond acceptors (Lipinski definition) is 4. The van der Waals surface area contributed by atoms with Crippen LogP contribution in [0.25, 0.3) is 10.6 Å². The minimum atomic E-state index is -0.160. The van der Waals surface area contributed by atoms with Gasteiger partial charge in [-0.3, -0.25) is 0 Å². The molecule has 1 aliphatic rings. The Hall–Kier alpha value is -1.92. The standard InChI is InChI=1S/C20H27N3O2S/c1-13(2)9-18-11-17(7-8-25-18)23-20(24)22-16-6-4-5-15(10-16)19-21-14(3)12-26-19/h4-6,10,12-13,17-18H,7-9,11H2,1-3H3,(H2,22,23,24)/t17-,18+/m1/s1. The number of anilines is 1. The van der Waals surface area contributed by atoms with Crippen LogP contribution in [0, 0.1) is 12.8 Å². The summed E-state index contributed by atoms with van der Waals surface area (Å²) in [5, 5.41) is 9.03. The number of aromatic nitrogens is 1. The third-order valence-corrected chi connectivity index (χ3v) is 5.43. The van der Waals surface area contributed by atoms with Gasteiger partial charge in [-0.05, 0) is 44.2 Å². The van der Waals surface area contributed by atoms with Gasteiger partial charge in [-0.2, -0.15) is 0 Å². The van der Waals surface area contributed by atoms with Crippen molar-refractivity contribution in [1.29, 1.82) is 0 Å². The van der Waals surface area contributed by atoms with Crippen molar-refractivity contribution < 1.29 is 9.53 Å². The Morgan fingerprint density at radius 1 is 1.42 bits per heavy atom. The fraction of sp³-hybridized carbons (Fsp3) is 0.500. The van der Waals surface area contributed by atoms with Gasteiger partial charge in [0.25, 0.3) is 0 Å². The van der Waals surface area contributed by atoms with Crippen LogP contribution in [0.5, 0.6) is 0 Å². The number of nitrogens with one attached hydrogen (secondary N) is 2. The molecular formula is C20H27N3O2S. The summed E-state index contributed by atoms with van der Waals surface area (Å²) in [6.45, 7) is 7.09. The molecule has 1 aliphatic heterocycles. The Morgan fingerprint density at radius 3 is 3.00 bits per heavy atom. The van der Waals surface area contributed by atoms with Crippen LogP contribution in [-0.4, -0.2) is 29.8 Å². The van der Waals surface area contributed by atoms with E-state index in [2.05, 4.69) is 29.5 Å². The van der Waals surface area contributed by atoms with Crippen molar-refractivity contribution in [3.8, 4) is 10.6 Å². The van der Waals surface area contributed by atoms with E-state index in [0.29, 0.717) is 12.5 Å². The minimum absolute atomic E-state index is 0.160. The number of rotatable bonds is 5. The zero-order chi connectivity index (χ0) is 18.5. The second-order valence-electron chi connectivity index (χ2n) is 7.32. The molecule has 1 saturated heterocycles. The van der Waals surface area contributed by atoms with Gasteiger partial charge in [0.15, 0.2) is 0 Å². The Morgan fingerprint density at radius 2 is 2.27 bits per heavy atom. The maximum absolute atomic E-state index is 12.4. The van der Waals surface area contributed by atoms with Crippen molar-refractivity contribution in [2.24, 2.45) is 5.92 Å². The summed E-state index contributed by atoms with van der Waals surface area (Å²) in [7, 11) is 0. The van der Waals surface area contributed by atoms with Crippen LogP contribution in [0.15, 0.2) is 29.6 Å². The molecule has 0 aliphatic carbocycles. The molecule has 2 atom stereocenters. The maximum atomic E-state index is 12.4. The van der Waals surface area contributed by atoms with Crippen LogP contribution in [0.3, 0.4) is 0 Å². The van der Waals surface area contributed by atoms with E-state index in [1.54, 1.807) is 11.3 Å². The van der Waals surface area contributed by atoms with Gasteiger partial charge < -0.3 is 15.4 Å². The van der Waals surface area contributed by atoms with Gasteiger partial charge in [0.05, 0.1) is 6.10 Å². The third kappa shape index (κ3) is 5.29. The van der Waals surface area contributed by atoms with Gasteiger partial charge in [0, 0.05) is 35.0 Å². The Balaban J connectivity index is 1.56. The summed E-state index contributed by atoms with van der Waals surface area (Å²) in [6, 6.07) is 7.81. The molecule has 2 aromatic rings. The second kappa shape index (κ2) is 8.64. The van der Waals surface area contributed by atoms with E-state index < -0.39 is 0 Å². The second-order valence-corrected chi connectivity index (χ2v) is 8.18. The molecule has 3 rings (SSSR count). The van der Waals surface area contributed by atoms with E-state index >= 15 is 0 Å². The highest BCUT2D eigenvalue weighted by molar-refractivity contribution is 7.13. The average molecular weight is 374 g/mol. The SMILES string of the molecule is Cc1csc(-c2cccc(NC(=O)N[C@@H]3CCO[C@@H](CC(C)C)C3)c2)n1. The first kappa shape index (κ1) is 18.9. The van der Waals surface area contributed by atoms with Crippen molar-refractivity contribution in [3.05, 3.63) is 35.3 Å². The average Bonchev–Trinajstić information content (AvgIpc) is 3.01. The first-order chi connectivity index (χ1) is 12.5. The summed E-state index contributed by atoms with van der Waals surface area (Å²) in [5.41, 5.74) is 2.80. The van der Waals surface area contributed by atoms with E-state index in [0.717, 1.165) is 41.2 Å². The molecule has 0 bridgehead atoms. The predicted octanol–water partition coefficient (Wildman–Crippen LogP) is 4.83. The summed E-state index contributed by atoms with van der Waals surface area (Å²) in [4.78, 5) is 16.9. The number of amides is 2. The minimum Gasteiger partial charge on any atom is -0.378 e. The molecule has 140 valence electrons. The molecular weight excluding hydrogens is 346 g/mol. The number of carbonyl (C=O) groups excluding carboxylic acids is 1. The Labute approximate surface area is 159 Å². The summed E-state index contributed by atoms with van der Waals surface area (Å²) >= 11 is 1.61. The molecule has 2 N–H and O–H groups in total. The summed E-state index contributed by atoms with van der Waals surface area (Å²) < 4.78 is 5.81. The maximum Gasteiger partial charge on any atom is 0.319 e. The van der Waals surface area contributed by atoms with Gasteiger partial charge in [-0.15, -0.1) is 11.3 Å². The van der Waals surface area contributed by atoms with E-state index in [-0.39, 0.29) is 18.2 Å². The number of urea groups is 1. The smallest absolute Gasteiger partial charge is 0.319 e. The predicted molar refractivity (Wildman–Crippen MR) is 107 cm³/mol. The zero-order valence-corrected chi connectivity index (χ0v) is 16.4. The number of carbonyl (C=O) groups is 1. The van der Waals surface area contributed by atoms with Crippen molar-refractivity contribution in [2.75, 3.05) is 11.9 Å². The molecule has 0 unspecified atom stereocenters. The van der Waals surface area contributed by atoms with Gasteiger partial charge in [0.2, 0.25) is 0 Å². The number of hydrogen-bond donors (Lipinski definition) is 2. The molecule has 6 heteroatoms. The molecule has 1 aromatic carbocycles. The van der Waals surface area contributed by atoms with Crippen molar-refractivity contribution in [1.82, 2.24) is 10.3 Å². The number of benzene rings is 1. The van der Waals surface area contributed by atoms with Crippen LogP contribution in [0.2, 0.25) is 0 Å². The first-order valence-corrected chi connectivity index (χ1v) is 10.1. The molecule has 0 saturated carbocycles. The quantitative estimate of drug-likeness (QED) is 0.789. The van der Waals surface area contributed by atoms with E-state index in [9.17, 15) is 4.79 Å². The highest BCUT2D eigenvalue weighted by Gasteiger charge is 2.24. The molecule has 1 aromatic heterocycles. The largest absolute Gasteiger partial charge is 0.378 e. The number of thiazole rings is 1. The van der Waals surface area contributed by atoms with Crippen molar-refractivity contribution >= 4 is 23.1 Å². The highest BCUT2D eigenvalue weighted by Crippen LogP contribution is 2.26. The fourth-order valence-electron chi connectivity index (χ4n) is 3.27. The van der Waals surface area contributed by atoms with Crippen LogP contribution in [0.1, 0.15) is 38.8 Å². The Bertz CT molecular complexity index is 744. The van der Waals surface area contributed by atoms with Gasteiger partial charge >= 0.3 is 6.03 Å². The van der Waals surface area contributed by atoms with Gasteiger partial charge in [0.1, 0.15) is 5.01 Å². The lowest BCUT2D eigenvalue weighted by Gasteiger charge is -2.31. The lowest BCUT2D eigenvalue weighted by atomic mass is 9.96. The van der Waals surface area contributed by atoms with Crippen molar-refractivity contribution in [2.45, 2.75) is 52.2 Å². The molecule has 0 radical (unpaired) electrons. The van der Waals surface area contributed by atoms with Gasteiger partial charge in [-0.1, -0.05) is 26.0 Å². The number of nitrogens with zero attached hydrogens (tertiary/aromatic N) is 1. The first-order valence-electron chi connectivity index (χ1n) is 9.21. The Kier molecular flexibility index (Phi) is 6.27. The number of ether oxygens (including phenoxy) is 1. The normalized spacial score (nSPS) is 20.2. The summed E-state index contributed by atoms with van der Waals surface area (Å²) in [6.07, 6.45) is 3.02. The zero-order valence-electron chi connectivity index (χ0n) is 15.6. The van der Waals surface area contributed by atoms with Crippen LogP contribution < -0.4 is 10.6 Å². The van der Waals surface area contributed by atoms with Crippen molar-refractivity contribution in [3.63, 3.8) is 0 Å². The van der Waals surface area contributed by atoms with E-state index in [1.807, 2.05) is 36.6 Å². The van der Waals surface area contributed by atoms with Crippen LogP contribution in [0.4, 0.5) is 10.5 Å². The van der Waals surface area contributed by atoms with E-state index in [4.69, 9.17) is 4.74 Å². The number of aryl methyl sites for hydroxylation is 1. The monoisotopic (exact) mass is 373 g/mol. The third-order valence-electron chi connectivity index (χ3n) is 4.42. The van der Waals surface area contributed by atoms with Crippen LogP contribution >= 0.6 is 11.3 Å². The highest BCUT2D eigenvalue weighted by atomic mass is 32.1. The lowest BCUT2D eigenvalue weighted by molar-refractivity contribution is -0.00717. The lowest BCUT2D eigenvalue weighted by Crippen LogP contribution is -2.44. The summed E-state index contributed by atoms with van der Waals surface area (Å²) in [5.74, 6) is 0.602. The topological polar surface area (TPSA) is 63.2 Å².